The van der Waals surface area contributed by atoms with E-state index in [4.69, 9.17) is 26.3 Å². The molecule has 0 spiro atoms. The summed E-state index contributed by atoms with van der Waals surface area (Å²) in [5.41, 5.74) is 22.2. The zero-order chi connectivity index (χ0) is 103. The molecule has 2 unspecified atom stereocenters. The summed E-state index contributed by atoms with van der Waals surface area (Å²) < 4.78 is 121. The molecule has 14 aromatic rings. The van der Waals surface area contributed by atoms with Gasteiger partial charge in [-0.2, -0.15) is 26.0 Å². The second kappa shape index (κ2) is 48.0. The normalized spacial score (nSPS) is 13.7. The van der Waals surface area contributed by atoms with Gasteiger partial charge in [-0.15, -0.1) is 45.9 Å². The lowest BCUT2D eigenvalue weighted by atomic mass is 9.95. The number of primary sulfonamides is 4. The van der Waals surface area contributed by atoms with Gasteiger partial charge < -0.3 is 26.6 Å². The highest BCUT2D eigenvalue weighted by molar-refractivity contribution is 7.91. The predicted octanol–water partition coefficient (Wildman–Crippen LogP) is 9.27. The minimum absolute atomic E-state index is 0.0471. The number of aliphatic imine (C=N–C) groups is 3. The van der Waals surface area contributed by atoms with Crippen LogP contribution in [0.4, 0.5) is 0 Å². The first kappa shape index (κ1) is 107. The molecule has 4 aromatic heterocycles. The first-order chi connectivity index (χ1) is 68.7. The van der Waals surface area contributed by atoms with Crippen LogP contribution in [-0.4, -0.2) is 228 Å². The molecule has 144 heavy (non-hydrogen) atoms. The summed E-state index contributed by atoms with van der Waals surface area (Å²) in [6, 6.07) is 64.0. The van der Waals surface area contributed by atoms with Gasteiger partial charge in [0.1, 0.15) is 17.4 Å². The Kier molecular flexibility index (Phi) is 35.5. The van der Waals surface area contributed by atoms with Crippen molar-refractivity contribution < 1.29 is 51.7 Å². The molecule has 2 atom stereocenters. The molecule has 1 saturated heterocycles. The van der Waals surface area contributed by atoms with E-state index in [-0.39, 0.29) is 77.6 Å². The van der Waals surface area contributed by atoms with E-state index >= 15 is 0 Å². The van der Waals surface area contributed by atoms with Gasteiger partial charge in [-0.1, -0.05) is 202 Å². The number of amidine groups is 2. The number of likely N-dealkylation sites (tertiary alicyclic amines) is 1. The zero-order valence-electron chi connectivity index (χ0n) is 79.9. The fourth-order valence-electron chi connectivity index (χ4n) is 15.8. The van der Waals surface area contributed by atoms with Gasteiger partial charge in [0.25, 0.3) is 0 Å². The van der Waals surface area contributed by atoms with Crippen LogP contribution in [0, 0.1) is 5.92 Å². The van der Waals surface area contributed by atoms with Crippen LogP contribution in [0.15, 0.2) is 274 Å². The number of hydrogen-bond donors (Lipinski definition) is 12. The monoisotopic (exact) mass is 2050 g/mol. The van der Waals surface area contributed by atoms with Crippen molar-refractivity contribution in [2.75, 3.05) is 52.7 Å². The number of benzene rings is 10. The number of H-pyrrole nitrogens is 4. The molecule has 43 nitrogen and oxygen atoms in total. The molecule has 0 radical (unpaired) electrons. The number of sulfonamides is 4. The van der Waals surface area contributed by atoms with Gasteiger partial charge in [-0.25, -0.2) is 72.6 Å². The number of sulfone groups is 1. The third kappa shape index (κ3) is 28.4. The molecule has 0 bridgehead atoms. The number of nitrogens with one attached hydrogen (secondary N) is 7. The van der Waals surface area contributed by atoms with Crippen molar-refractivity contribution in [3.8, 4) is 101 Å². The summed E-state index contributed by atoms with van der Waals surface area (Å²) in [6.07, 6.45) is 4.03. The Hall–Kier alpha value is -14.6. The number of azo groups is 1. The van der Waals surface area contributed by atoms with E-state index in [0.29, 0.717) is 108 Å². The van der Waals surface area contributed by atoms with Crippen LogP contribution in [0.3, 0.4) is 0 Å². The maximum atomic E-state index is 12.3. The highest BCUT2D eigenvalue weighted by Crippen LogP contribution is 2.41. The summed E-state index contributed by atoms with van der Waals surface area (Å²) in [7, 11) is -17.4. The average Bonchev–Trinajstić information content (AvgIpc) is 1.65. The molecule has 750 valence electrons. The molecule has 3 aliphatic heterocycles. The highest BCUT2D eigenvalue weighted by Gasteiger charge is 2.31. The van der Waals surface area contributed by atoms with Gasteiger partial charge in [-0.05, 0) is 183 Å². The van der Waals surface area contributed by atoms with Crippen LogP contribution < -0.4 is 42.2 Å². The van der Waals surface area contributed by atoms with Crippen molar-refractivity contribution in [1.82, 2.24) is 108 Å². The smallest absolute Gasteiger partial charge is 0.238 e. The fraction of sp³-hybridized carbons (Fsp3) is 0.260. The van der Waals surface area contributed by atoms with Gasteiger partial charge in [0, 0.05) is 94.0 Å². The fourth-order valence-corrected chi connectivity index (χ4v) is 19.7. The molecule has 0 amide bonds. The minimum atomic E-state index is -3.99. The number of nitrogens with two attached hydrogens (primary N) is 5. The Morgan fingerprint density at radius 2 is 0.840 bits per heavy atom. The molecule has 48 heteroatoms. The van der Waals surface area contributed by atoms with E-state index in [1.165, 1.54) is 36.1 Å². The Balaban J connectivity index is 0.000000151. The summed E-state index contributed by atoms with van der Waals surface area (Å²) in [5, 5.41) is 94.5. The highest BCUT2D eigenvalue weighted by atomic mass is 32.2. The van der Waals surface area contributed by atoms with E-state index < -0.39 is 49.9 Å². The number of carbonyl (C=O) groups excluding carboxylic acids is 2. The van der Waals surface area contributed by atoms with Crippen molar-refractivity contribution in [1.29, 1.82) is 0 Å². The molecular formula is C96H109N31O12S5. The molecular weight excluding hydrogens is 1940 g/mol. The summed E-state index contributed by atoms with van der Waals surface area (Å²) in [4.78, 5) is 39.8. The molecule has 17 N–H and O–H groups in total. The molecule has 1 fully saturated rings. The topological polar surface area (TPSA) is 657 Å². The number of rotatable bonds is 36. The average molecular weight is 2050 g/mol. The third-order valence-electron chi connectivity index (χ3n) is 23.2. The molecule has 10 aromatic carbocycles. The summed E-state index contributed by atoms with van der Waals surface area (Å²) >= 11 is 0. The Bertz CT molecular complexity index is 7460. The predicted molar refractivity (Wildman–Crippen MR) is 546 cm³/mol. The van der Waals surface area contributed by atoms with Crippen molar-refractivity contribution >= 4 is 78.9 Å². The first-order valence-electron chi connectivity index (χ1n) is 45.1. The Morgan fingerprint density at radius 1 is 0.479 bits per heavy atom. The molecule has 0 saturated carbocycles. The number of ketones is 2. The van der Waals surface area contributed by atoms with Crippen LogP contribution >= 0.6 is 0 Å². The van der Waals surface area contributed by atoms with Crippen LogP contribution in [0.1, 0.15) is 94.2 Å². The Labute approximate surface area is 832 Å². The molecule has 0 aliphatic carbocycles. The number of tetrazole rings is 4. The van der Waals surface area contributed by atoms with Crippen molar-refractivity contribution in [3.63, 3.8) is 0 Å². The number of carbonyl (C=O) groups is 2. The summed E-state index contributed by atoms with van der Waals surface area (Å²) in [5.74, 6) is 2.41. The largest absolute Gasteiger partial charge is 0.402 e. The molecule has 7 heterocycles. The van der Waals surface area contributed by atoms with Crippen molar-refractivity contribution in [3.05, 3.63) is 258 Å². The van der Waals surface area contributed by atoms with Gasteiger partial charge in [0.15, 0.2) is 22.3 Å². The lowest BCUT2D eigenvalue weighted by Crippen LogP contribution is -2.47. The minimum Gasteiger partial charge on any atom is -0.402 e. The van der Waals surface area contributed by atoms with Gasteiger partial charge in [0.2, 0.25) is 63.4 Å². The van der Waals surface area contributed by atoms with E-state index in [1.807, 2.05) is 142 Å². The van der Waals surface area contributed by atoms with Gasteiger partial charge in [0.05, 0.1) is 65.9 Å². The number of aromatic nitrogens is 16. The lowest BCUT2D eigenvalue weighted by Gasteiger charge is -2.39. The second-order valence-electron chi connectivity index (χ2n) is 34.3. The van der Waals surface area contributed by atoms with Crippen molar-refractivity contribution in [2.24, 2.45) is 57.4 Å². The number of nitrogens with zero attached hydrogens (tertiary/aromatic N) is 19. The quantitative estimate of drug-likeness (QED) is 0.0174. The van der Waals surface area contributed by atoms with Gasteiger partial charge >= 0.3 is 0 Å². The van der Waals surface area contributed by atoms with Gasteiger partial charge in [-0.3, -0.25) is 19.5 Å². The third-order valence-corrected chi connectivity index (χ3v) is 28.2. The standard InChI is InChI=1S/C21H26N4O2S.C19H20N8O2S.C19H21N7O2S.C19H22N6O3S.C18H20N6O3S/c1-4-6-15(2)22-13-16-9-11-17(12-10-16)18-7-5-8-19(28(3,26)27)20(18)21-23-14-24-25-21;1-12-9-22-17(23-12)11-21-10-13-5-7-14(8-6-13)15-3-2-4-16(30(20,28)29)18(15)19-24-26-27-25-19;1-12(20)15-10-26(11-15)9-13-5-7-14(8-6-13)16-3-2-4-17(29(21,27)28)18(16)19-22-24-25-23-19;1-13(26)10-11-25(2)12-14-6-8-15(9-7-14)16-4-3-5-17(29(20,27)28)18(16)19-21-23-24-22-19;1-11(12(2)25)20-10-13-6-8-14(9-7-13)15-4-3-5-16(28(19,26)27)17(15)18-21-23-24-22-18/h5,7-12,15,22H,4,6,13-14H2,1-3H3;2-8,21H,9-11H2,1H3,(H2,20,28,29)(H,24,25,26,27);2-8,15H,1,9-11,20H2,(H2,21,27,28)(H,22,23,24,25);3-9H,10-12H2,1-2H3,(H2,20,27,28)(H,21,22,23,24);3-9,11,20H,10H2,1-2H3,(H2,19,26,27)(H,21,22,23,24). The van der Waals surface area contributed by atoms with E-state index in [2.05, 4.69) is 166 Å². The lowest BCUT2D eigenvalue weighted by molar-refractivity contribution is -0.119. The van der Waals surface area contributed by atoms with Crippen LogP contribution in [-0.2, 0) is 92.2 Å². The molecule has 3 aliphatic rings. The van der Waals surface area contributed by atoms with E-state index in [0.717, 1.165) is 112 Å². The first-order valence-corrected chi connectivity index (χ1v) is 53.1. The molecule has 17 rings (SSSR count). The van der Waals surface area contributed by atoms with Crippen LogP contribution in [0.5, 0.6) is 0 Å². The zero-order valence-corrected chi connectivity index (χ0v) is 84.0. The van der Waals surface area contributed by atoms with E-state index in [9.17, 15) is 51.7 Å². The van der Waals surface area contributed by atoms with Crippen LogP contribution in [0.2, 0.25) is 0 Å². The Morgan fingerprint density at radius 3 is 1.16 bits per heavy atom. The second-order valence-corrected chi connectivity index (χ2v) is 42.4. The van der Waals surface area contributed by atoms with Crippen LogP contribution in [0.25, 0.3) is 101 Å². The summed E-state index contributed by atoms with van der Waals surface area (Å²) in [6.45, 7) is 22.6. The van der Waals surface area contributed by atoms with E-state index in [1.54, 1.807) is 68.4 Å². The van der Waals surface area contributed by atoms with Crippen molar-refractivity contribution in [2.45, 2.75) is 130 Å². The number of hydrogen-bond acceptors (Lipinski definition) is 35. The maximum absolute atomic E-state index is 12.3. The maximum Gasteiger partial charge on any atom is 0.238 e. The SMILES string of the molecule is C=C(N)C1CN(Cc2ccc(-c3cccc(S(N)(=O)=O)c3-c3nn[nH]n3)cc2)C1.CC(=O)C(C)NCc1ccc(-c2cccc(S(N)(=O)=O)c2-c2nn[nH]n2)cc1.CC(=O)CCN(C)Cc1ccc(-c2cccc(S(N)(=O)=O)c2-c2nn[nH]n2)cc1.CC1=NC(CNCc2ccc(-c3cccc(S(N)(=O)=O)c3-c3nn[nH]n3)cc2)=NC1.CCCC(C)NCc1ccc(-c2cccc(S(C)(=O)=O)c2C2=NCN=N2)cc1. The number of aromatic amines is 4. The number of Topliss-reactive ketones (excluding diaryl/α,β-unsaturated/α-hetero) is 2.